The van der Waals surface area contributed by atoms with E-state index in [1.54, 1.807) is 19.1 Å². The Morgan fingerprint density at radius 3 is 2.52 bits per heavy atom. The summed E-state index contributed by atoms with van der Waals surface area (Å²) < 4.78 is 43.6. The molecule has 0 saturated heterocycles. The topological polar surface area (TPSA) is 80.2 Å². The van der Waals surface area contributed by atoms with Crippen LogP contribution >= 0.6 is 22.6 Å². The van der Waals surface area contributed by atoms with Crippen LogP contribution in [0.1, 0.15) is 31.7 Å². The summed E-state index contributed by atoms with van der Waals surface area (Å²) in [6.45, 7) is 3.60. The number of hydrogen-bond donors (Lipinski definition) is 2. The fourth-order valence-electron chi connectivity index (χ4n) is 2.60. The molecule has 2 rings (SSSR count). The number of aromatic nitrogens is 1. The van der Waals surface area contributed by atoms with Gasteiger partial charge in [0.05, 0.1) is 17.1 Å². The summed E-state index contributed by atoms with van der Waals surface area (Å²) in [5.74, 6) is -0.323. The second-order valence-electron chi connectivity index (χ2n) is 6.33. The second kappa shape index (κ2) is 9.05. The number of benzene rings is 1. The SMILES string of the molecule is CCCCCS(=O)(=O)Nc1cc(C)c(=O)n(C)c1Nc1ccc(I)cc1F. The van der Waals surface area contributed by atoms with Crippen molar-refractivity contribution in [3.05, 3.63) is 49.6 Å². The van der Waals surface area contributed by atoms with Crippen LogP contribution < -0.4 is 15.6 Å². The number of aryl methyl sites for hydroxylation is 1. The quantitative estimate of drug-likeness (QED) is 0.417. The third kappa shape index (κ3) is 5.68. The number of nitrogens with zero attached hydrogens (tertiary/aromatic N) is 1. The normalized spacial score (nSPS) is 11.4. The molecule has 1 aromatic heterocycles. The zero-order valence-corrected chi connectivity index (χ0v) is 18.4. The number of rotatable bonds is 8. The number of pyridine rings is 1. The summed E-state index contributed by atoms with van der Waals surface area (Å²) in [6.07, 6.45) is 2.27. The van der Waals surface area contributed by atoms with Crippen molar-refractivity contribution in [3.8, 4) is 0 Å². The number of anilines is 3. The lowest BCUT2D eigenvalue weighted by molar-refractivity contribution is 0.596. The molecule has 1 heterocycles. The molecule has 0 aliphatic rings. The average Bonchev–Trinajstić information content (AvgIpc) is 2.58. The number of hydrogen-bond acceptors (Lipinski definition) is 4. The van der Waals surface area contributed by atoms with Gasteiger partial charge in [-0.3, -0.25) is 14.1 Å². The highest BCUT2D eigenvalue weighted by atomic mass is 127. The number of sulfonamides is 1. The molecule has 27 heavy (non-hydrogen) atoms. The van der Waals surface area contributed by atoms with Crippen LogP contribution in [-0.2, 0) is 17.1 Å². The van der Waals surface area contributed by atoms with Crippen molar-refractivity contribution in [2.24, 2.45) is 7.05 Å². The molecule has 9 heteroatoms. The molecule has 2 N–H and O–H groups in total. The molecule has 0 radical (unpaired) electrons. The van der Waals surface area contributed by atoms with Gasteiger partial charge in [-0.05, 0) is 60.2 Å². The van der Waals surface area contributed by atoms with Crippen LogP contribution in [0.15, 0.2) is 29.1 Å². The molecule has 0 fully saturated rings. The highest BCUT2D eigenvalue weighted by Crippen LogP contribution is 2.28. The molecule has 0 amide bonds. The maximum Gasteiger partial charge on any atom is 0.254 e. The Kier molecular flexibility index (Phi) is 7.26. The second-order valence-corrected chi connectivity index (χ2v) is 9.42. The van der Waals surface area contributed by atoms with E-state index in [2.05, 4.69) is 10.0 Å². The Morgan fingerprint density at radius 2 is 1.89 bits per heavy atom. The largest absolute Gasteiger partial charge is 0.337 e. The summed E-state index contributed by atoms with van der Waals surface area (Å²) in [4.78, 5) is 12.3. The lowest BCUT2D eigenvalue weighted by Crippen LogP contribution is -2.25. The Labute approximate surface area is 172 Å². The first-order chi connectivity index (χ1) is 12.6. The first-order valence-corrected chi connectivity index (χ1v) is 11.3. The molecule has 0 unspecified atom stereocenters. The van der Waals surface area contributed by atoms with Gasteiger partial charge in [0.1, 0.15) is 11.6 Å². The highest BCUT2D eigenvalue weighted by molar-refractivity contribution is 14.1. The minimum atomic E-state index is -3.59. The van der Waals surface area contributed by atoms with E-state index < -0.39 is 15.8 Å². The van der Waals surface area contributed by atoms with Crippen LogP contribution in [0.25, 0.3) is 0 Å². The Hall–Kier alpha value is -1.62. The minimum absolute atomic E-state index is 0.0138. The van der Waals surface area contributed by atoms with Gasteiger partial charge < -0.3 is 5.32 Å². The number of halogens is 2. The molecule has 1 aromatic carbocycles. The lowest BCUT2D eigenvalue weighted by Gasteiger charge is -2.18. The van der Waals surface area contributed by atoms with Crippen LogP contribution in [0.3, 0.4) is 0 Å². The van der Waals surface area contributed by atoms with Gasteiger partial charge in [0.2, 0.25) is 10.0 Å². The molecule has 0 atom stereocenters. The van der Waals surface area contributed by atoms with Gasteiger partial charge in [-0.1, -0.05) is 19.8 Å². The average molecular weight is 507 g/mol. The summed E-state index contributed by atoms with van der Waals surface area (Å²) >= 11 is 2.00. The van der Waals surface area contributed by atoms with E-state index in [1.165, 1.54) is 23.7 Å². The summed E-state index contributed by atoms with van der Waals surface area (Å²) in [5.41, 5.74) is 0.458. The summed E-state index contributed by atoms with van der Waals surface area (Å²) in [5, 5.41) is 2.85. The standard InChI is InChI=1S/C18H23FIN3O3S/c1-4-5-6-9-27(25,26)22-16-10-12(2)18(24)23(3)17(16)21-15-8-7-13(20)11-14(15)19/h7-8,10-11,21-22H,4-6,9H2,1-3H3. The van der Waals surface area contributed by atoms with Gasteiger partial charge >= 0.3 is 0 Å². The van der Waals surface area contributed by atoms with E-state index in [0.717, 1.165) is 16.4 Å². The first kappa shape index (κ1) is 21.7. The van der Waals surface area contributed by atoms with E-state index >= 15 is 0 Å². The fourth-order valence-corrected chi connectivity index (χ4v) is 4.23. The van der Waals surface area contributed by atoms with Crippen molar-refractivity contribution in [1.82, 2.24) is 4.57 Å². The molecule has 6 nitrogen and oxygen atoms in total. The highest BCUT2D eigenvalue weighted by Gasteiger charge is 2.18. The Morgan fingerprint density at radius 1 is 1.19 bits per heavy atom. The molecular formula is C18H23FIN3O3S. The maximum absolute atomic E-state index is 14.2. The Balaban J connectivity index is 2.44. The van der Waals surface area contributed by atoms with E-state index in [4.69, 9.17) is 0 Å². The van der Waals surface area contributed by atoms with Crippen molar-refractivity contribution >= 4 is 49.8 Å². The van der Waals surface area contributed by atoms with Crippen LogP contribution in [0, 0.1) is 16.3 Å². The first-order valence-electron chi connectivity index (χ1n) is 8.58. The zero-order valence-electron chi connectivity index (χ0n) is 15.5. The summed E-state index contributed by atoms with van der Waals surface area (Å²) in [7, 11) is -2.07. The third-order valence-corrected chi connectivity index (χ3v) is 6.09. The van der Waals surface area contributed by atoms with E-state index in [-0.39, 0.29) is 28.5 Å². The monoisotopic (exact) mass is 507 g/mol. The number of unbranched alkanes of at least 4 members (excludes halogenated alkanes) is 2. The van der Waals surface area contributed by atoms with Crippen LogP contribution in [0.4, 0.5) is 21.6 Å². The van der Waals surface area contributed by atoms with Gasteiger partial charge in [0.25, 0.3) is 5.56 Å². The van der Waals surface area contributed by atoms with Gasteiger partial charge in [-0.15, -0.1) is 0 Å². The van der Waals surface area contributed by atoms with Gasteiger partial charge in [-0.2, -0.15) is 0 Å². The smallest absolute Gasteiger partial charge is 0.254 e. The predicted octanol–water partition coefficient (Wildman–Crippen LogP) is 4.11. The molecule has 0 spiro atoms. The van der Waals surface area contributed by atoms with Crippen molar-refractivity contribution in [1.29, 1.82) is 0 Å². The van der Waals surface area contributed by atoms with E-state index in [0.29, 0.717) is 12.0 Å². The summed E-state index contributed by atoms with van der Waals surface area (Å²) in [6, 6.07) is 6.07. The molecule has 0 aliphatic carbocycles. The van der Waals surface area contributed by atoms with Gasteiger partial charge in [0, 0.05) is 16.2 Å². The van der Waals surface area contributed by atoms with E-state index in [1.807, 2.05) is 29.5 Å². The zero-order chi connectivity index (χ0) is 20.2. The molecule has 148 valence electrons. The van der Waals surface area contributed by atoms with Crippen LogP contribution in [0.2, 0.25) is 0 Å². The fraction of sp³-hybridized carbons (Fsp3) is 0.389. The van der Waals surface area contributed by atoms with Crippen LogP contribution in [0.5, 0.6) is 0 Å². The van der Waals surface area contributed by atoms with Crippen molar-refractivity contribution in [2.45, 2.75) is 33.1 Å². The maximum atomic E-state index is 14.2. The van der Waals surface area contributed by atoms with Crippen molar-refractivity contribution in [3.63, 3.8) is 0 Å². The molecule has 0 aliphatic heterocycles. The molecule has 2 aromatic rings. The van der Waals surface area contributed by atoms with Crippen LogP contribution in [-0.4, -0.2) is 18.7 Å². The third-order valence-electron chi connectivity index (χ3n) is 4.06. The predicted molar refractivity (Wildman–Crippen MR) is 116 cm³/mol. The lowest BCUT2D eigenvalue weighted by atomic mass is 10.2. The number of nitrogens with one attached hydrogen (secondary N) is 2. The van der Waals surface area contributed by atoms with E-state index in [9.17, 15) is 17.6 Å². The van der Waals surface area contributed by atoms with Crippen molar-refractivity contribution in [2.75, 3.05) is 15.8 Å². The van der Waals surface area contributed by atoms with Gasteiger partial charge in [0.15, 0.2) is 0 Å². The molecule has 0 saturated carbocycles. The van der Waals surface area contributed by atoms with Crippen molar-refractivity contribution < 1.29 is 12.8 Å². The molecule has 0 bridgehead atoms. The minimum Gasteiger partial charge on any atom is -0.337 e. The Bertz CT molecular complexity index is 990. The molecular weight excluding hydrogens is 484 g/mol. The van der Waals surface area contributed by atoms with Gasteiger partial charge in [-0.25, -0.2) is 12.8 Å².